The van der Waals surface area contributed by atoms with E-state index in [1.54, 1.807) is 23.5 Å². The van der Waals surface area contributed by atoms with Crippen LogP contribution in [0.5, 0.6) is 11.5 Å². The Kier molecular flexibility index (Phi) is 10.6. The number of benzene rings is 2. The number of aliphatic hydroxyl groups excluding tert-OH is 3. The maximum Gasteiger partial charge on any atom is 0.184 e. The predicted octanol–water partition coefficient (Wildman–Crippen LogP) is 8.02. The third-order valence-corrected chi connectivity index (χ3v) is 10.3. The van der Waals surface area contributed by atoms with Gasteiger partial charge in [0.25, 0.3) is 0 Å². The predicted molar refractivity (Wildman–Crippen MR) is 184 cm³/mol. The highest BCUT2D eigenvalue weighted by Crippen LogP contribution is 2.53. The highest BCUT2D eigenvalue weighted by atomic mass is 32.2. The van der Waals surface area contributed by atoms with Crippen molar-refractivity contribution in [3.05, 3.63) is 46.5 Å². The molecule has 1 aliphatic rings. The lowest BCUT2D eigenvalue weighted by molar-refractivity contribution is -0.131. The van der Waals surface area contributed by atoms with Crippen LogP contribution in [-0.2, 0) is 26.4 Å². The molecule has 8 heteroatoms. The van der Waals surface area contributed by atoms with Gasteiger partial charge < -0.3 is 29.9 Å². The summed E-state index contributed by atoms with van der Waals surface area (Å²) in [6, 6.07) is 8.58. The number of rotatable bonds is 7. The standard InChI is InChI=1S/C36H56O6S2/c1-32(2,3)21-15-16-25(26(35(10,11)12)30(21)41-19-24-28(38)29(39)31(40)42-24)44-36(13,14)43-20-17-22(33(4,5)6)27(37)23(18-20)34(7,8)9/h15-18,24,28-29,31,37-40H,19H2,1-14H3/t24-,28-,29-,31?/m1/s1. The second-order valence-corrected chi connectivity index (χ2v) is 20.3. The van der Waals surface area contributed by atoms with Crippen molar-refractivity contribution < 1.29 is 29.9 Å². The molecule has 0 radical (unpaired) electrons. The summed E-state index contributed by atoms with van der Waals surface area (Å²) < 4.78 is 11.6. The summed E-state index contributed by atoms with van der Waals surface area (Å²) in [5.41, 5.74) is 3.05. The molecule has 1 saturated heterocycles. The molecule has 2 aromatic carbocycles. The smallest absolute Gasteiger partial charge is 0.184 e. The average molecular weight is 649 g/mol. The van der Waals surface area contributed by atoms with Crippen LogP contribution in [0, 0.1) is 0 Å². The first-order valence-electron chi connectivity index (χ1n) is 15.5. The van der Waals surface area contributed by atoms with E-state index in [4.69, 9.17) is 9.47 Å². The number of thioether (sulfide) groups is 2. The van der Waals surface area contributed by atoms with Gasteiger partial charge in [-0.3, -0.25) is 0 Å². The Morgan fingerprint density at radius 2 is 1.18 bits per heavy atom. The van der Waals surface area contributed by atoms with E-state index in [-0.39, 0.29) is 32.3 Å². The van der Waals surface area contributed by atoms with E-state index in [0.717, 1.165) is 37.8 Å². The zero-order valence-electron chi connectivity index (χ0n) is 29.2. The molecule has 0 spiro atoms. The Hall–Kier alpha value is -1.42. The molecule has 0 saturated carbocycles. The van der Waals surface area contributed by atoms with Crippen LogP contribution in [0.3, 0.4) is 0 Å². The first-order valence-corrected chi connectivity index (χ1v) is 17.1. The third-order valence-electron chi connectivity index (χ3n) is 7.83. The number of ether oxygens (including phenoxy) is 2. The minimum absolute atomic E-state index is 0.00756. The van der Waals surface area contributed by atoms with E-state index < -0.39 is 24.6 Å². The first-order chi connectivity index (χ1) is 19.7. The molecule has 1 fully saturated rings. The highest BCUT2D eigenvalue weighted by Gasteiger charge is 2.43. The van der Waals surface area contributed by atoms with Gasteiger partial charge in [-0.1, -0.05) is 89.2 Å². The summed E-state index contributed by atoms with van der Waals surface area (Å²) in [5, 5.41) is 41.7. The maximum atomic E-state index is 11.3. The molecule has 0 aliphatic carbocycles. The minimum Gasteiger partial charge on any atom is -0.507 e. The molecule has 0 aromatic heterocycles. The molecule has 1 heterocycles. The molecular formula is C36H56O6S2. The Balaban J connectivity index is 2.08. The van der Waals surface area contributed by atoms with Crippen LogP contribution in [-0.4, -0.2) is 55.7 Å². The quantitative estimate of drug-likeness (QED) is 0.177. The Morgan fingerprint density at radius 1 is 0.682 bits per heavy atom. The van der Waals surface area contributed by atoms with Crippen LogP contribution >= 0.6 is 23.5 Å². The van der Waals surface area contributed by atoms with E-state index >= 15 is 0 Å². The molecule has 248 valence electrons. The lowest BCUT2D eigenvalue weighted by Gasteiger charge is -2.34. The SMILES string of the molecule is CC(C)(Sc1cc(C(C)(C)C)c(O)c(C(C)(C)C)c1)Sc1ccc(C(C)(C)C)c(OC[C@H]2OC(O)[C@H](O)[C@@H]2O)c1C(C)(C)C. The molecule has 1 unspecified atom stereocenters. The molecule has 4 atom stereocenters. The lowest BCUT2D eigenvalue weighted by Crippen LogP contribution is -2.35. The molecule has 0 bridgehead atoms. The molecule has 3 rings (SSSR count). The summed E-state index contributed by atoms with van der Waals surface area (Å²) in [6.07, 6.45) is -4.91. The maximum absolute atomic E-state index is 11.3. The molecule has 0 amide bonds. The largest absolute Gasteiger partial charge is 0.507 e. The Bertz CT molecular complexity index is 1290. The number of hydrogen-bond donors (Lipinski definition) is 4. The van der Waals surface area contributed by atoms with Crippen molar-refractivity contribution in [2.75, 3.05) is 6.61 Å². The fraction of sp³-hybridized carbons (Fsp3) is 0.667. The molecule has 44 heavy (non-hydrogen) atoms. The van der Waals surface area contributed by atoms with Gasteiger partial charge in [0.1, 0.15) is 36.4 Å². The van der Waals surface area contributed by atoms with Crippen molar-refractivity contribution in [2.45, 2.75) is 157 Å². The van der Waals surface area contributed by atoms with Gasteiger partial charge in [0.05, 0.1) is 4.08 Å². The molecule has 1 aliphatic heterocycles. The van der Waals surface area contributed by atoms with Crippen LogP contribution in [0.25, 0.3) is 0 Å². The first kappa shape index (κ1) is 37.0. The lowest BCUT2D eigenvalue weighted by atomic mass is 9.79. The molecular weight excluding hydrogens is 593 g/mol. The fourth-order valence-corrected chi connectivity index (χ4v) is 8.32. The van der Waals surface area contributed by atoms with E-state index in [9.17, 15) is 20.4 Å². The van der Waals surface area contributed by atoms with Crippen molar-refractivity contribution in [3.63, 3.8) is 0 Å². The van der Waals surface area contributed by atoms with Gasteiger partial charge in [-0.25, -0.2) is 0 Å². The number of aliphatic hydroxyl groups is 3. The van der Waals surface area contributed by atoms with Gasteiger partial charge in [0.2, 0.25) is 0 Å². The normalized spacial score (nSPS) is 22.0. The number of hydrogen-bond acceptors (Lipinski definition) is 8. The topological polar surface area (TPSA) is 99.4 Å². The van der Waals surface area contributed by atoms with Crippen LogP contribution in [0.15, 0.2) is 34.1 Å². The van der Waals surface area contributed by atoms with Crippen LogP contribution in [0.2, 0.25) is 0 Å². The van der Waals surface area contributed by atoms with Gasteiger partial charge in [-0.2, -0.15) is 0 Å². The van der Waals surface area contributed by atoms with Crippen molar-refractivity contribution in [1.82, 2.24) is 0 Å². The van der Waals surface area contributed by atoms with Crippen molar-refractivity contribution in [1.29, 1.82) is 0 Å². The molecule has 4 N–H and O–H groups in total. The van der Waals surface area contributed by atoms with E-state index in [1.807, 2.05) is 0 Å². The van der Waals surface area contributed by atoms with Crippen molar-refractivity contribution in [3.8, 4) is 11.5 Å². The minimum atomic E-state index is -1.44. The van der Waals surface area contributed by atoms with Crippen molar-refractivity contribution >= 4 is 23.5 Å². The van der Waals surface area contributed by atoms with Gasteiger partial charge in [-0.05, 0) is 59.3 Å². The Labute approximate surface area is 274 Å². The zero-order valence-corrected chi connectivity index (χ0v) is 30.9. The summed E-state index contributed by atoms with van der Waals surface area (Å²) >= 11 is 3.56. The van der Waals surface area contributed by atoms with Gasteiger partial charge in [-0.15, -0.1) is 23.5 Å². The van der Waals surface area contributed by atoms with Crippen LogP contribution < -0.4 is 4.74 Å². The van der Waals surface area contributed by atoms with Crippen LogP contribution in [0.4, 0.5) is 0 Å². The highest BCUT2D eigenvalue weighted by molar-refractivity contribution is 8.18. The molecule has 2 aromatic rings. The van der Waals surface area contributed by atoms with Gasteiger partial charge in [0, 0.05) is 26.5 Å². The van der Waals surface area contributed by atoms with Gasteiger partial charge >= 0.3 is 0 Å². The summed E-state index contributed by atoms with van der Waals surface area (Å²) in [6.45, 7) is 30.2. The third kappa shape index (κ3) is 8.48. The van der Waals surface area contributed by atoms with Gasteiger partial charge in [0.15, 0.2) is 6.29 Å². The second kappa shape index (κ2) is 12.6. The fourth-order valence-electron chi connectivity index (χ4n) is 5.51. The molecule has 6 nitrogen and oxygen atoms in total. The van der Waals surface area contributed by atoms with E-state index in [2.05, 4.69) is 121 Å². The summed E-state index contributed by atoms with van der Waals surface area (Å²) in [7, 11) is 0. The van der Waals surface area contributed by atoms with E-state index in [1.165, 1.54) is 0 Å². The van der Waals surface area contributed by atoms with E-state index in [0.29, 0.717) is 5.75 Å². The Morgan fingerprint density at radius 3 is 1.59 bits per heavy atom. The number of phenolic OH excluding ortho intramolecular Hbond substituents is 1. The zero-order chi connectivity index (χ0) is 33.8. The van der Waals surface area contributed by atoms with Crippen molar-refractivity contribution in [2.24, 2.45) is 0 Å². The monoisotopic (exact) mass is 648 g/mol. The second-order valence-electron chi connectivity index (χ2n) is 16.6. The van der Waals surface area contributed by atoms with Crippen LogP contribution in [0.1, 0.15) is 119 Å². The number of aromatic hydroxyl groups is 1. The number of phenols is 1. The summed E-state index contributed by atoms with van der Waals surface area (Å²) in [5.74, 6) is 1.13. The average Bonchev–Trinajstić information content (AvgIpc) is 3.06. The summed E-state index contributed by atoms with van der Waals surface area (Å²) in [4.78, 5) is 2.21.